The molecule has 14 heavy (non-hydrogen) atoms. The van der Waals surface area contributed by atoms with Crippen LogP contribution in [0.1, 0.15) is 26.7 Å². The number of nitrogens with one attached hydrogen (secondary N) is 1. The first-order valence-corrected chi connectivity index (χ1v) is 5.13. The highest BCUT2D eigenvalue weighted by molar-refractivity contribution is 5.84. The molecule has 1 aliphatic heterocycles. The van der Waals surface area contributed by atoms with Crippen molar-refractivity contribution in [3.8, 4) is 0 Å². The highest BCUT2D eigenvalue weighted by atomic mass is 16.3. The van der Waals surface area contributed by atoms with E-state index in [9.17, 15) is 9.90 Å². The average molecular weight is 200 g/mol. The van der Waals surface area contributed by atoms with Gasteiger partial charge >= 0.3 is 0 Å². The molecule has 1 heterocycles. The SMILES string of the molecule is CN(C(=O)C(C)(C)O)C1CCNCC1. The lowest BCUT2D eigenvalue weighted by atomic mass is 10.0. The molecule has 0 bridgehead atoms. The number of nitrogens with zero attached hydrogens (tertiary/aromatic N) is 1. The molecule has 4 nitrogen and oxygen atoms in total. The third kappa shape index (κ3) is 2.69. The van der Waals surface area contributed by atoms with Crippen molar-refractivity contribution in [3.05, 3.63) is 0 Å². The number of carbonyl (C=O) groups is 1. The zero-order chi connectivity index (χ0) is 10.8. The molecule has 0 spiro atoms. The normalized spacial score (nSPS) is 19.4. The second kappa shape index (κ2) is 4.28. The highest BCUT2D eigenvalue weighted by Gasteiger charge is 2.31. The van der Waals surface area contributed by atoms with E-state index in [0.717, 1.165) is 25.9 Å². The van der Waals surface area contributed by atoms with Crippen molar-refractivity contribution in [2.24, 2.45) is 0 Å². The van der Waals surface area contributed by atoms with Gasteiger partial charge in [-0.25, -0.2) is 0 Å². The van der Waals surface area contributed by atoms with E-state index in [1.807, 2.05) is 0 Å². The minimum atomic E-state index is -1.25. The molecule has 1 amide bonds. The second-order valence-electron chi connectivity index (χ2n) is 4.46. The summed E-state index contributed by atoms with van der Waals surface area (Å²) in [4.78, 5) is 13.4. The lowest BCUT2D eigenvalue weighted by Crippen LogP contribution is -2.50. The Morgan fingerprint density at radius 1 is 1.43 bits per heavy atom. The standard InChI is InChI=1S/C10H20N2O2/c1-10(2,14)9(13)12(3)8-4-6-11-7-5-8/h8,11,14H,4-7H2,1-3H3. The quantitative estimate of drug-likeness (QED) is 0.658. The molecule has 0 aliphatic carbocycles. The van der Waals surface area contributed by atoms with Gasteiger partial charge in [-0.05, 0) is 39.8 Å². The van der Waals surface area contributed by atoms with Crippen LogP contribution in [0.25, 0.3) is 0 Å². The summed E-state index contributed by atoms with van der Waals surface area (Å²) in [6.07, 6.45) is 1.94. The maximum Gasteiger partial charge on any atom is 0.253 e. The molecule has 0 radical (unpaired) electrons. The Balaban J connectivity index is 2.55. The molecular weight excluding hydrogens is 180 g/mol. The van der Waals surface area contributed by atoms with Gasteiger partial charge in [-0.3, -0.25) is 4.79 Å². The Labute approximate surface area is 85.3 Å². The van der Waals surface area contributed by atoms with Gasteiger partial charge in [-0.2, -0.15) is 0 Å². The van der Waals surface area contributed by atoms with Crippen molar-refractivity contribution in [2.75, 3.05) is 20.1 Å². The van der Waals surface area contributed by atoms with Crippen LogP contribution in [0.4, 0.5) is 0 Å². The fourth-order valence-corrected chi connectivity index (χ4v) is 1.79. The van der Waals surface area contributed by atoms with Gasteiger partial charge in [-0.15, -0.1) is 0 Å². The zero-order valence-corrected chi connectivity index (χ0v) is 9.21. The second-order valence-corrected chi connectivity index (χ2v) is 4.46. The van der Waals surface area contributed by atoms with Gasteiger partial charge in [0.15, 0.2) is 0 Å². The first-order valence-electron chi connectivity index (χ1n) is 5.13. The van der Waals surface area contributed by atoms with Crippen LogP contribution in [-0.4, -0.2) is 47.7 Å². The number of hydrogen-bond acceptors (Lipinski definition) is 3. The lowest BCUT2D eigenvalue weighted by molar-refractivity contribution is -0.149. The summed E-state index contributed by atoms with van der Waals surface area (Å²) in [7, 11) is 1.77. The fourth-order valence-electron chi connectivity index (χ4n) is 1.79. The molecule has 0 atom stereocenters. The van der Waals surface area contributed by atoms with Gasteiger partial charge in [0, 0.05) is 13.1 Å². The Kier molecular flexibility index (Phi) is 3.50. The Hall–Kier alpha value is -0.610. The zero-order valence-electron chi connectivity index (χ0n) is 9.21. The Bertz CT molecular complexity index is 205. The molecule has 4 heteroatoms. The molecule has 0 aromatic carbocycles. The molecule has 1 rings (SSSR count). The molecule has 82 valence electrons. The number of amides is 1. The van der Waals surface area contributed by atoms with E-state index in [1.54, 1.807) is 11.9 Å². The maximum absolute atomic E-state index is 11.7. The minimum absolute atomic E-state index is 0.190. The van der Waals surface area contributed by atoms with Crippen LogP contribution in [0.3, 0.4) is 0 Å². The lowest BCUT2D eigenvalue weighted by Gasteiger charge is -2.34. The van der Waals surface area contributed by atoms with Crippen LogP contribution in [-0.2, 0) is 4.79 Å². The maximum atomic E-state index is 11.7. The van der Waals surface area contributed by atoms with Gasteiger partial charge in [0.1, 0.15) is 5.60 Å². The van der Waals surface area contributed by atoms with Gasteiger partial charge in [0.2, 0.25) is 0 Å². The molecule has 1 saturated heterocycles. The summed E-state index contributed by atoms with van der Waals surface area (Å²) in [5.74, 6) is -0.190. The van der Waals surface area contributed by atoms with E-state index in [0.29, 0.717) is 0 Å². The highest BCUT2D eigenvalue weighted by Crippen LogP contribution is 2.14. The molecule has 0 aromatic heterocycles. The number of aliphatic hydroxyl groups is 1. The van der Waals surface area contributed by atoms with E-state index in [2.05, 4.69) is 5.32 Å². The monoisotopic (exact) mass is 200 g/mol. The predicted octanol–water partition coefficient (Wildman–Crippen LogP) is -0.0323. The summed E-state index contributed by atoms with van der Waals surface area (Å²) >= 11 is 0. The van der Waals surface area contributed by atoms with Gasteiger partial charge < -0.3 is 15.3 Å². The van der Waals surface area contributed by atoms with E-state index in [-0.39, 0.29) is 11.9 Å². The molecule has 0 saturated carbocycles. The first kappa shape index (κ1) is 11.5. The third-order valence-electron chi connectivity index (χ3n) is 2.70. The van der Waals surface area contributed by atoms with E-state index < -0.39 is 5.60 Å². The summed E-state index contributed by atoms with van der Waals surface area (Å²) in [5, 5.41) is 12.8. The molecule has 0 unspecified atom stereocenters. The Morgan fingerprint density at radius 2 is 1.93 bits per heavy atom. The average Bonchev–Trinajstić information content (AvgIpc) is 2.15. The smallest absolute Gasteiger partial charge is 0.253 e. The fraction of sp³-hybridized carbons (Fsp3) is 0.900. The molecular formula is C10H20N2O2. The topological polar surface area (TPSA) is 52.6 Å². The van der Waals surface area contributed by atoms with Crippen molar-refractivity contribution < 1.29 is 9.90 Å². The van der Waals surface area contributed by atoms with Crippen LogP contribution in [0.2, 0.25) is 0 Å². The van der Waals surface area contributed by atoms with E-state index in [4.69, 9.17) is 0 Å². The number of carbonyl (C=O) groups excluding carboxylic acids is 1. The van der Waals surface area contributed by atoms with Crippen LogP contribution in [0.5, 0.6) is 0 Å². The van der Waals surface area contributed by atoms with Crippen LogP contribution in [0, 0.1) is 0 Å². The van der Waals surface area contributed by atoms with E-state index in [1.165, 1.54) is 13.8 Å². The molecule has 2 N–H and O–H groups in total. The summed E-state index contributed by atoms with van der Waals surface area (Å²) in [6, 6.07) is 0.273. The summed E-state index contributed by atoms with van der Waals surface area (Å²) < 4.78 is 0. The van der Waals surface area contributed by atoms with Crippen molar-refractivity contribution in [1.29, 1.82) is 0 Å². The van der Waals surface area contributed by atoms with Crippen molar-refractivity contribution in [2.45, 2.75) is 38.3 Å². The van der Waals surface area contributed by atoms with Gasteiger partial charge in [0.05, 0.1) is 0 Å². The van der Waals surface area contributed by atoms with Crippen LogP contribution < -0.4 is 5.32 Å². The van der Waals surface area contributed by atoms with Crippen molar-refractivity contribution in [1.82, 2.24) is 10.2 Å². The molecule has 0 aromatic rings. The number of rotatable bonds is 2. The number of likely N-dealkylation sites (N-methyl/N-ethyl adjacent to an activating group) is 1. The largest absolute Gasteiger partial charge is 0.381 e. The number of hydrogen-bond donors (Lipinski definition) is 2. The molecule has 1 aliphatic rings. The van der Waals surface area contributed by atoms with Crippen molar-refractivity contribution in [3.63, 3.8) is 0 Å². The van der Waals surface area contributed by atoms with Crippen molar-refractivity contribution >= 4 is 5.91 Å². The summed E-state index contributed by atoms with van der Waals surface area (Å²) in [5.41, 5.74) is -1.25. The van der Waals surface area contributed by atoms with E-state index >= 15 is 0 Å². The van der Waals surface area contributed by atoms with Gasteiger partial charge in [-0.1, -0.05) is 0 Å². The molecule has 1 fully saturated rings. The first-order chi connectivity index (χ1) is 6.43. The minimum Gasteiger partial charge on any atom is -0.381 e. The predicted molar refractivity (Wildman–Crippen MR) is 55.0 cm³/mol. The third-order valence-corrected chi connectivity index (χ3v) is 2.70. The van der Waals surface area contributed by atoms with Gasteiger partial charge in [0.25, 0.3) is 5.91 Å². The van der Waals surface area contributed by atoms with Crippen LogP contribution in [0.15, 0.2) is 0 Å². The van der Waals surface area contributed by atoms with Crippen LogP contribution >= 0.6 is 0 Å². The Morgan fingerprint density at radius 3 is 2.36 bits per heavy atom. The summed E-state index contributed by atoms with van der Waals surface area (Å²) in [6.45, 7) is 4.97. The number of piperidine rings is 1.